The number of aryl methyl sites for hydroxylation is 2. The van der Waals surface area contributed by atoms with Gasteiger partial charge in [-0.05, 0) is 50.4 Å². The highest BCUT2D eigenvalue weighted by molar-refractivity contribution is 5.97. The van der Waals surface area contributed by atoms with Gasteiger partial charge in [0.1, 0.15) is 0 Å². The number of Topliss-reactive ketones (excluding diaryl/α,β-unsaturated/α-hetero) is 1. The molecule has 1 saturated heterocycles. The average Bonchev–Trinajstić information content (AvgIpc) is 2.90. The van der Waals surface area contributed by atoms with Crippen molar-refractivity contribution in [2.45, 2.75) is 32.2 Å². The van der Waals surface area contributed by atoms with Crippen molar-refractivity contribution in [3.63, 3.8) is 0 Å². The molecule has 1 aromatic carbocycles. The summed E-state index contributed by atoms with van der Waals surface area (Å²) in [5, 5.41) is 0. The van der Waals surface area contributed by atoms with Gasteiger partial charge < -0.3 is 4.90 Å². The Labute approximate surface area is 121 Å². The Bertz CT molecular complexity index is 512. The number of nitrogens with zero attached hydrogens (tertiary/aromatic N) is 2. The molecule has 0 amide bonds. The molecule has 0 saturated carbocycles. The molecule has 0 radical (unpaired) electrons. The number of rotatable bonds is 3. The van der Waals surface area contributed by atoms with Gasteiger partial charge in [-0.3, -0.25) is 9.69 Å². The van der Waals surface area contributed by atoms with E-state index in [2.05, 4.69) is 35.9 Å². The second-order valence-corrected chi connectivity index (χ2v) is 6.32. The van der Waals surface area contributed by atoms with E-state index in [0.29, 0.717) is 12.6 Å². The summed E-state index contributed by atoms with van der Waals surface area (Å²) in [6.07, 6.45) is 3.56. The van der Waals surface area contributed by atoms with Gasteiger partial charge in [0.2, 0.25) is 0 Å². The fourth-order valence-corrected chi connectivity index (χ4v) is 3.31. The first-order chi connectivity index (χ1) is 9.63. The van der Waals surface area contributed by atoms with Crippen molar-refractivity contribution in [3.8, 4) is 0 Å². The van der Waals surface area contributed by atoms with Gasteiger partial charge in [0.25, 0.3) is 0 Å². The molecule has 3 heteroatoms. The zero-order chi connectivity index (χ0) is 14.1. The van der Waals surface area contributed by atoms with Gasteiger partial charge in [0.05, 0.1) is 6.54 Å². The smallest absolute Gasteiger partial charge is 0.176 e. The third kappa shape index (κ3) is 2.79. The fraction of sp³-hybridized carbons (Fsp3) is 0.588. The van der Waals surface area contributed by atoms with Crippen LogP contribution >= 0.6 is 0 Å². The van der Waals surface area contributed by atoms with E-state index >= 15 is 0 Å². The first-order valence-corrected chi connectivity index (χ1v) is 7.71. The van der Waals surface area contributed by atoms with Crippen molar-refractivity contribution in [3.05, 3.63) is 34.9 Å². The lowest BCUT2D eigenvalue weighted by Gasteiger charge is -2.37. The van der Waals surface area contributed by atoms with E-state index in [1.54, 1.807) is 0 Å². The predicted octanol–water partition coefficient (Wildman–Crippen LogP) is 1.99. The van der Waals surface area contributed by atoms with E-state index in [1.165, 1.54) is 24.0 Å². The van der Waals surface area contributed by atoms with Gasteiger partial charge in [0.15, 0.2) is 5.78 Å². The van der Waals surface area contributed by atoms with Crippen molar-refractivity contribution in [2.75, 3.05) is 33.2 Å². The maximum Gasteiger partial charge on any atom is 0.176 e. The molecule has 1 aliphatic carbocycles. The molecular weight excluding hydrogens is 248 g/mol. The van der Waals surface area contributed by atoms with Crippen LogP contribution in [0.1, 0.15) is 34.8 Å². The van der Waals surface area contributed by atoms with Crippen molar-refractivity contribution >= 4 is 5.78 Å². The van der Waals surface area contributed by atoms with Crippen LogP contribution < -0.4 is 0 Å². The summed E-state index contributed by atoms with van der Waals surface area (Å²) in [5.74, 6) is 0.274. The van der Waals surface area contributed by atoms with Crippen molar-refractivity contribution in [1.82, 2.24) is 9.80 Å². The quantitative estimate of drug-likeness (QED) is 0.786. The summed E-state index contributed by atoms with van der Waals surface area (Å²) in [4.78, 5) is 17.1. The number of hydrogen-bond acceptors (Lipinski definition) is 3. The number of ketones is 1. The summed E-state index contributed by atoms with van der Waals surface area (Å²) in [5.41, 5.74) is 3.73. The third-order valence-electron chi connectivity index (χ3n) is 4.83. The van der Waals surface area contributed by atoms with Crippen LogP contribution in [0.15, 0.2) is 18.2 Å². The zero-order valence-corrected chi connectivity index (χ0v) is 12.6. The van der Waals surface area contributed by atoms with Gasteiger partial charge in [-0.25, -0.2) is 0 Å². The van der Waals surface area contributed by atoms with E-state index < -0.39 is 0 Å². The Morgan fingerprint density at radius 2 is 2.05 bits per heavy atom. The first kappa shape index (κ1) is 13.8. The number of carbonyl (C=O) groups is 1. The van der Waals surface area contributed by atoms with Gasteiger partial charge in [-0.1, -0.05) is 12.1 Å². The maximum atomic E-state index is 12.4. The van der Waals surface area contributed by atoms with Crippen molar-refractivity contribution in [2.24, 2.45) is 0 Å². The zero-order valence-electron chi connectivity index (χ0n) is 12.6. The molecule has 1 aliphatic heterocycles. The normalized spacial score (nSPS) is 23.8. The number of piperazine rings is 1. The van der Waals surface area contributed by atoms with Crippen molar-refractivity contribution < 1.29 is 4.79 Å². The first-order valence-electron chi connectivity index (χ1n) is 7.71. The van der Waals surface area contributed by atoms with E-state index in [4.69, 9.17) is 0 Å². The van der Waals surface area contributed by atoms with Gasteiger partial charge in [0, 0.05) is 31.2 Å². The maximum absolute atomic E-state index is 12.4. The highest BCUT2D eigenvalue weighted by Gasteiger charge is 2.23. The van der Waals surface area contributed by atoms with Gasteiger partial charge in [-0.15, -0.1) is 0 Å². The molecule has 1 atom stereocenters. The molecule has 0 spiro atoms. The predicted molar refractivity (Wildman–Crippen MR) is 81.3 cm³/mol. The molecule has 1 fully saturated rings. The third-order valence-corrected chi connectivity index (χ3v) is 4.83. The van der Waals surface area contributed by atoms with Crippen LogP contribution in [0, 0.1) is 0 Å². The Morgan fingerprint density at radius 3 is 2.85 bits per heavy atom. The van der Waals surface area contributed by atoms with Crippen LogP contribution in [0.5, 0.6) is 0 Å². The Balaban J connectivity index is 1.65. The largest absolute Gasteiger partial charge is 0.301 e. The summed E-state index contributed by atoms with van der Waals surface area (Å²) in [7, 11) is 2.16. The molecule has 0 aromatic heterocycles. The molecular formula is C17H24N2O. The number of carbonyl (C=O) groups excluding carboxylic acids is 1. The number of benzene rings is 1. The summed E-state index contributed by atoms with van der Waals surface area (Å²) < 4.78 is 0. The summed E-state index contributed by atoms with van der Waals surface area (Å²) in [6, 6.07) is 6.84. The molecule has 20 heavy (non-hydrogen) atoms. The molecule has 2 aliphatic rings. The lowest BCUT2D eigenvalue weighted by molar-refractivity contribution is 0.0786. The van der Waals surface area contributed by atoms with E-state index in [9.17, 15) is 4.79 Å². The highest BCUT2D eigenvalue weighted by atomic mass is 16.1. The number of fused-ring (bicyclic) bond motifs is 1. The Hall–Kier alpha value is -1.19. The SMILES string of the molecule is CC1CN(CC(=O)c2ccc3c(c2)CCC3)CCN1C. The molecule has 3 nitrogen and oxygen atoms in total. The van der Waals surface area contributed by atoms with Gasteiger partial charge in [-0.2, -0.15) is 0 Å². The minimum atomic E-state index is 0.274. The average molecular weight is 272 g/mol. The molecule has 1 heterocycles. The fourth-order valence-electron chi connectivity index (χ4n) is 3.31. The molecule has 1 unspecified atom stereocenters. The highest BCUT2D eigenvalue weighted by Crippen LogP contribution is 2.23. The minimum Gasteiger partial charge on any atom is -0.301 e. The molecule has 3 rings (SSSR count). The number of likely N-dealkylation sites (N-methyl/N-ethyl adjacent to an activating group) is 1. The van der Waals surface area contributed by atoms with Crippen molar-refractivity contribution in [1.29, 1.82) is 0 Å². The van der Waals surface area contributed by atoms with Crippen LogP contribution in [-0.2, 0) is 12.8 Å². The summed E-state index contributed by atoms with van der Waals surface area (Å²) in [6.45, 7) is 5.84. The molecule has 1 aromatic rings. The summed E-state index contributed by atoms with van der Waals surface area (Å²) >= 11 is 0. The number of hydrogen-bond donors (Lipinski definition) is 0. The van der Waals surface area contributed by atoms with Crippen LogP contribution in [0.4, 0.5) is 0 Å². The monoisotopic (exact) mass is 272 g/mol. The van der Waals surface area contributed by atoms with E-state index in [-0.39, 0.29) is 5.78 Å². The molecule has 0 N–H and O–H groups in total. The topological polar surface area (TPSA) is 23.6 Å². The second-order valence-electron chi connectivity index (χ2n) is 6.32. The Kier molecular flexibility index (Phi) is 3.90. The van der Waals surface area contributed by atoms with Crippen LogP contribution in [0.2, 0.25) is 0 Å². The lowest BCUT2D eigenvalue weighted by Crippen LogP contribution is -2.51. The van der Waals surface area contributed by atoms with E-state index in [1.807, 2.05) is 6.07 Å². The van der Waals surface area contributed by atoms with Crippen LogP contribution in [0.25, 0.3) is 0 Å². The standard InChI is InChI=1S/C17H24N2O/c1-13-11-19(9-8-18(13)2)12-17(20)16-7-6-14-4-3-5-15(14)10-16/h6-7,10,13H,3-5,8-9,11-12H2,1-2H3. The second kappa shape index (κ2) is 5.66. The van der Waals surface area contributed by atoms with Gasteiger partial charge >= 0.3 is 0 Å². The molecule has 108 valence electrons. The Morgan fingerprint density at radius 1 is 1.25 bits per heavy atom. The van der Waals surface area contributed by atoms with Crippen LogP contribution in [0.3, 0.4) is 0 Å². The van der Waals surface area contributed by atoms with Crippen LogP contribution in [-0.4, -0.2) is 54.9 Å². The molecule has 0 bridgehead atoms. The van der Waals surface area contributed by atoms with E-state index in [0.717, 1.165) is 31.6 Å². The lowest BCUT2D eigenvalue weighted by atomic mass is 10.0. The minimum absolute atomic E-state index is 0.274.